The topological polar surface area (TPSA) is 21.3 Å². The first kappa shape index (κ1) is 16.2. The van der Waals surface area contributed by atoms with Gasteiger partial charge in [-0.3, -0.25) is 0 Å². The number of aryl methyl sites for hydroxylation is 1. The smallest absolute Gasteiger partial charge is 0.120 e. The zero-order chi connectivity index (χ0) is 15.2. The van der Waals surface area contributed by atoms with Crippen molar-refractivity contribution >= 4 is 23.2 Å². The summed E-state index contributed by atoms with van der Waals surface area (Å²) < 4.78 is 5.79. The lowest BCUT2D eigenvalue weighted by atomic mass is 10.0. The van der Waals surface area contributed by atoms with Crippen LogP contribution in [0.5, 0.6) is 5.75 Å². The van der Waals surface area contributed by atoms with Crippen molar-refractivity contribution in [2.45, 2.75) is 19.4 Å². The summed E-state index contributed by atoms with van der Waals surface area (Å²) in [6.07, 6.45) is 0.816. The van der Waals surface area contributed by atoms with E-state index in [0.29, 0.717) is 11.6 Å². The van der Waals surface area contributed by atoms with E-state index in [9.17, 15) is 0 Å². The van der Waals surface area contributed by atoms with Crippen molar-refractivity contribution in [1.82, 2.24) is 5.32 Å². The normalized spacial score (nSPS) is 12.2. The van der Waals surface area contributed by atoms with E-state index < -0.39 is 0 Å². The summed E-state index contributed by atoms with van der Waals surface area (Å²) in [6.45, 7) is 2.59. The van der Waals surface area contributed by atoms with Crippen LogP contribution >= 0.6 is 23.2 Å². The number of hydrogen-bond acceptors (Lipinski definition) is 2. The summed E-state index contributed by atoms with van der Waals surface area (Å²) in [5, 5.41) is 4.74. The molecular weight excluding hydrogens is 305 g/mol. The molecule has 112 valence electrons. The Morgan fingerprint density at radius 1 is 1.14 bits per heavy atom. The Hall–Kier alpha value is -1.22. The van der Waals surface area contributed by atoms with Gasteiger partial charge in [0.25, 0.3) is 0 Å². The van der Waals surface area contributed by atoms with Crippen molar-refractivity contribution < 1.29 is 4.74 Å². The van der Waals surface area contributed by atoms with Crippen LogP contribution in [0, 0.1) is 6.92 Å². The molecule has 0 aromatic heterocycles. The highest BCUT2D eigenvalue weighted by Crippen LogP contribution is 2.20. The van der Waals surface area contributed by atoms with Crippen molar-refractivity contribution in [1.29, 1.82) is 0 Å². The van der Waals surface area contributed by atoms with Crippen molar-refractivity contribution in [3.05, 3.63) is 63.6 Å². The second kappa shape index (κ2) is 7.69. The van der Waals surface area contributed by atoms with Crippen LogP contribution in [0.15, 0.2) is 42.5 Å². The standard InChI is InChI=1S/C17H19Cl2NO/c1-12-6-7-13(17(19)8-12)9-15(20-2)11-21-16-5-3-4-14(18)10-16/h3-8,10,15,20H,9,11H2,1-2H3. The Kier molecular flexibility index (Phi) is 5.92. The lowest BCUT2D eigenvalue weighted by Gasteiger charge is -2.18. The number of halogens is 2. The van der Waals surface area contributed by atoms with E-state index in [1.807, 2.05) is 44.3 Å². The zero-order valence-corrected chi connectivity index (χ0v) is 13.7. The van der Waals surface area contributed by atoms with Gasteiger partial charge in [0.2, 0.25) is 0 Å². The van der Waals surface area contributed by atoms with E-state index in [-0.39, 0.29) is 6.04 Å². The maximum absolute atomic E-state index is 6.28. The molecule has 2 aromatic rings. The highest BCUT2D eigenvalue weighted by atomic mass is 35.5. The molecule has 0 bridgehead atoms. The van der Waals surface area contributed by atoms with Crippen LogP contribution < -0.4 is 10.1 Å². The third kappa shape index (κ3) is 4.92. The number of nitrogens with one attached hydrogen (secondary N) is 1. The van der Waals surface area contributed by atoms with Gasteiger partial charge in [-0.05, 0) is 55.8 Å². The van der Waals surface area contributed by atoms with E-state index in [1.165, 1.54) is 5.56 Å². The van der Waals surface area contributed by atoms with Crippen LogP contribution in [0.2, 0.25) is 10.0 Å². The van der Waals surface area contributed by atoms with Gasteiger partial charge >= 0.3 is 0 Å². The fourth-order valence-corrected chi connectivity index (χ4v) is 2.57. The van der Waals surface area contributed by atoms with Crippen molar-refractivity contribution in [3.8, 4) is 5.75 Å². The van der Waals surface area contributed by atoms with E-state index in [4.69, 9.17) is 27.9 Å². The molecule has 0 spiro atoms. The Balaban J connectivity index is 1.97. The van der Waals surface area contributed by atoms with E-state index in [2.05, 4.69) is 17.4 Å². The predicted octanol–water partition coefficient (Wildman–Crippen LogP) is 4.51. The second-order valence-corrected chi connectivity index (χ2v) is 5.90. The summed E-state index contributed by atoms with van der Waals surface area (Å²) in [5.41, 5.74) is 2.29. The average Bonchev–Trinajstić information content (AvgIpc) is 2.45. The Labute approximate surface area is 136 Å². The van der Waals surface area contributed by atoms with Crippen LogP contribution in [-0.4, -0.2) is 19.7 Å². The molecule has 2 nitrogen and oxygen atoms in total. The lowest BCUT2D eigenvalue weighted by molar-refractivity contribution is 0.270. The summed E-state index contributed by atoms with van der Waals surface area (Å²) in [5.74, 6) is 0.776. The first-order valence-corrected chi connectivity index (χ1v) is 7.64. The fraction of sp³-hybridized carbons (Fsp3) is 0.294. The number of benzene rings is 2. The third-order valence-electron chi connectivity index (χ3n) is 3.33. The maximum Gasteiger partial charge on any atom is 0.120 e. The molecule has 1 N–H and O–H groups in total. The number of ether oxygens (including phenoxy) is 1. The van der Waals surface area contributed by atoms with Crippen LogP contribution in [0.25, 0.3) is 0 Å². The molecule has 0 amide bonds. The van der Waals surface area contributed by atoms with Crippen LogP contribution in [-0.2, 0) is 6.42 Å². The largest absolute Gasteiger partial charge is 0.492 e. The number of hydrogen-bond donors (Lipinski definition) is 1. The summed E-state index contributed by atoms with van der Waals surface area (Å²) >= 11 is 12.2. The molecule has 2 rings (SSSR count). The average molecular weight is 324 g/mol. The van der Waals surface area contributed by atoms with E-state index >= 15 is 0 Å². The van der Waals surface area contributed by atoms with Gasteiger partial charge in [-0.25, -0.2) is 0 Å². The molecule has 0 fully saturated rings. The number of rotatable bonds is 6. The third-order valence-corrected chi connectivity index (χ3v) is 3.92. The molecule has 21 heavy (non-hydrogen) atoms. The van der Waals surface area contributed by atoms with Crippen LogP contribution in [0.1, 0.15) is 11.1 Å². The molecule has 0 saturated heterocycles. The van der Waals surface area contributed by atoms with Gasteiger partial charge in [-0.15, -0.1) is 0 Å². The lowest BCUT2D eigenvalue weighted by Crippen LogP contribution is -2.33. The Bertz CT molecular complexity index is 601. The van der Waals surface area contributed by atoms with Gasteiger partial charge in [-0.2, -0.15) is 0 Å². The molecule has 2 aromatic carbocycles. The van der Waals surface area contributed by atoms with Crippen LogP contribution in [0.4, 0.5) is 0 Å². The SMILES string of the molecule is CNC(COc1cccc(Cl)c1)Cc1ccc(C)cc1Cl. The van der Waals surface area contributed by atoms with Crippen molar-refractivity contribution in [3.63, 3.8) is 0 Å². The predicted molar refractivity (Wildman–Crippen MR) is 89.7 cm³/mol. The van der Waals surface area contributed by atoms with Gasteiger partial charge in [0.1, 0.15) is 12.4 Å². The highest BCUT2D eigenvalue weighted by Gasteiger charge is 2.11. The maximum atomic E-state index is 6.28. The quantitative estimate of drug-likeness (QED) is 0.844. The second-order valence-electron chi connectivity index (χ2n) is 5.05. The summed E-state index contributed by atoms with van der Waals surface area (Å²) in [7, 11) is 1.92. The summed E-state index contributed by atoms with van der Waals surface area (Å²) in [6, 6.07) is 13.7. The molecule has 0 aliphatic carbocycles. The minimum Gasteiger partial charge on any atom is -0.492 e. The van der Waals surface area contributed by atoms with Crippen molar-refractivity contribution in [2.24, 2.45) is 0 Å². The molecule has 0 radical (unpaired) electrons. The molecular formula is C17H19Cl2NO. The fourth-order valence-electron chi connectivity index (χ4n) is 2.08. The minimum atomic E-state index is 0.184. The Morgan fingerprint density at radius 2 is 1.95 bits per heavy atom. The van der Waals surface area contributed by atoms with E-state index in [0.717, 1.165) is 22.8 Å². The molecule has 4 heteroatoms. The monoisotopic (exact) mass is 323 g/mol. The Morgan fingerprint density at radius 3 is 2.62 bits per heavy atom. The molecule has 0 heterocycles. The highest BCUT2D eigenvalue weighted by molar-refractivity contribution is 6.31. The molecule has 0 aliphatic rings. The first-order chi connectivity index (χ1) is 10.1. The van der Waals surface area contributed by atoms with Gasteiger partial charge in [0.05, 0.1) is 0 Å². The van der Waals surface area contributed by atoms with Gasteiger partial charge in [0, 0.05) is 16.1 Å². The van der Waals surface area contributed by atoms with Gasteiger partial charge < -0.3 is 10.1 Å². The first-order valence-electron chi connectivity index (χ1n) is 6.89. The zero-order valence-electron chi connectivity index (χ0n) is 12.2. The van der Waals surface area contributed by atoms with Crippen molar-refractivity contribution in [2.75, 3.05) is 13.7 Å². The van der Waals surface area contributed by atoms with E-state index in [1.54, 1.807) is 0 Å². The molecule has 0 aliphatic heterocycles. The van der Waals surface area contributed by atoms with Gasteiger partial charge in [0.15, 0.2) is 0 Å². The molecule has 1 unspecified atom stereocenters. The molecule has 1 atom stereocenters. The van der Waals surface area contributed by atoms with Crippen LogP contribution in [0.3, 0.4) is 0 Å². The summed E-state index contributed by atoms with van der Waals surface area (Å²) in [4.78, 5) is 0. The minimum absolute atomic E-state index is 0.184. The molecule has 0 saturated carbocycles. The number of likely N-dealkylation sites (N-methyl/N-ethyl adjacent to an activating group) is 1. The van der Waals surface area contributed by atoms with Gasteiger partial charge in [-0.1, -0.05) is 41.4 Å².